The number of nitrogens with zero attached hydrogens (tertiary/aromatic N) is 3. The minimum absolute atomic E-state index is 0. The monoisotopic (exact) mass is 549 g/mol. The third-order valence-electron chi connectivity index (χ3n) is 4.64. The molecule has 2 aromatic carbocycles. The Morgan fingerprint density at radius 3 is 2.45 bits per heavy atom. The fraction of sp³-hybridized carbons (Fsp3) is 0.316. The van der Waals surface area contributed by atoms with Crippen LogP contribution in [0.3, 0.4) is 0 Å². The van der Waals surface area contributed by atoms with Gasteiger partial charge in [0.1, 0.15) is 0 Å². The standard InChI is InChI=1S/C19H24ClN5O2S.HI/c1-22-19(23-14-15-4-2-7-18(12-15)28(21,26)27)25-10-8-24(9-11-25)17-6-3-5-16(20)13-17;/h2-7,12-13H,8-11,14H2,1H3,(H,22,23)(H2,21,26,27);1H. The molecule has 2 aromatic rings. The quantitative estimate of drug-likeness (QED) is 0.347. The van der Waals surface area contributed by atoms with Crippen molar-refractivity contribution in [3.8, 4) is 0 Å². The summed E-state index contributed by atoms with van der Waals surface area (Å²) in [5.74, 6) is 0.784. The first-order chi connectivity index (χ1) is 13.4. The lowest BCUT2D eigenvalue weighted by atomic mass is 10.2. The number of nitrogens with one attached hydrogen (secondary N) is 1. The second-order valence-corrected chi connectivity index (χ2v) is 8.55. The van der Waals surface area contributed by atoms with Gasteiger partial charge in [-0.15, -0.1) is 24.0 Å². The number of anilines is 1. The molecule has 29 heavy (non-hydrogen) atoms. The Morgan fingerprint density at radius 2 is 1.83 bits per heavy atom. The highest BCUT2D eigenvalue weighted by Crippen LogP contribution is 2.20. The lowest BCUT2D eigenvalue weighted by Crippen LogP contribution is -2.52. The van der Waals surface area contributed by atoms with E-state index in [1.54, 1.807) is 19.2 Å². The van der Waals surface area contributed by atoms with Gasteiger partial charge in [-0.1, -0.05) is 29.8 Å². The van der Waals surface area contributed by atoms with Gasteiger partial charge in [-0.25, -0.2) is 13.6 Å². The summed E-state index contributed by atoms with van der Waals surface area (Å²) in [4.78, 5) is 8.95. The Bertz CT molecular complexity index is 963. The summed E-state index contributed by atoms with van der Waals surface area (Å²) < 4.78 is 23.0. The van der Waals surface area contributed by atoms with E-state index in [1.807, 2.05) is 24.3 Å². The summed E-state index contributed by atoms with van der Waals surface area (Å²) in [6.45, 7) is 3.83. The number of hydrogen-bond donors (Lipinski definition) is 2. The largest absolute Gasteiger partial charge is 0.368 e. The molecular formula is C19H25ClIN5O2S. The fourth-order valence-corrected chi connectivity index (χ4v) is 3.96. The molecule has 10 heteroatoms. The van der Waals surface area contributed by atoms with Crippen LogP contribution in [0.5, 0.6) is 0 Å². The van der Waals surface area contributed by atoms with Gasteiger partial charge >= 0.3 is 0 Å². The average Bonchev–Trinajstić information content (AvgIpc) is 2.68. The Morgan fingerprint density at radius 1 is 1.14 bits per heavy atom. The van der Waals surface area contributed by atoms with Crippen LogP contribution in [-0.2, 0) is 16.6 Å². The number of guanidine groups is 1. The van der Waals surface area contributed by atoms with Crippen molar-refractivity contribution in [1.82, 2.24) is 10.2 Å². The van der Waals surface area contributed by atoms with Crippen molar-refractivity contribution in [2.45, 2.75) is 11.4 Å². The van der Waals surface area contributed by atoms with Gasteiger partial charge in [-0.05, 0) is 35.9 Å². The van der Waals surface area contributed by atoms with Crippen LogP contribution >= 0.6 is 35.6 Å². The lowest BCUT2D eigenvalue weighted by Gasteiger charge is -2.37. The summed E-state index contributed by atoms with van der Waals surface area (Å²) in [6.07, 6.45) is 0. The van der Waals surface area contributed by atoms with E-state index in [0.717, 1.165) is 48.4 Å². The van der Waals surface area contributed by atoms with Gasteiger partial charge in [0.2, 0.25) is 10.0 Å². The number of benzene rings is 2. The molecule has 0 bridgehead atoms. The van der Waals surface area contributed by atoms with Crippen LogP contribution in [0, 0.1) is 0 Å². The molecule has 7 nitrogen and oxygen atoms in total. The van der Waals surface area contributed by atoms with Crippen molar-refractivity contribution in [3.63, 3.8) is 0 Å². The molecular weight excluding hydrogens is 525 g/mol. The van der Waals surface area contributed by atoms with Crippen molar-refractivity contribution < 1.29 is 8.42 Å². The van der Waals surface area contributed by atoms with E-state index < -0.39 is 10.0 Å². The Balaban J connectivity index is 0.00000300. The summed E-state index contributed by atoms with van der Waals surface area (Å²) >= 11 is 6.09. The first-order valence-electron chi connectivity index (χ1n) is 8.94. The number of aliphatic imine (C=N–C) groups is 1. The second kappa shape index (κ2) is 10.5. The van der Waals surface area contributed by atoms with E-state index in [-0.39, 0.29) is 28.9 Å². The molecule has 0 saturated carbocycles. The molecule has 0 amide bonds. The summed E-state index contributed by atoms with van der Waals surface area (Å²) in [7, 11) is -1.97. The molecule has 1 aliphatic rings. The number of rotatable bonds is 4. The molecule has 158 valence electrons. The first-order valence-corrected chi connectivity index (χ1v) is 10.9. The van der Waals surface area contributed by atoms with Crippen LogP contribution < -0.4 is 15.4 Å². The van der Waals surface area contributed by atoms with Gasteiger partial charge in [0, 0.05) is 50.5 Å². The zero-order valence-electron chi connectivity index (χ0n) is 16.1. The maximum atomic E-state index is 11.5. The molecule has 0 atom stereocenters. The predicted molar refractivity (Wildman–Crippen MR) is 129 cm³/mol. The molecule has 0 aromatic heterocycles. The van der Waals surface area contributed by atoms with Crippen molar-refractivity contribution in [3.05, 3.63) is 59.1 Å². The molecule has 3 rings (SSSR count). The average molecular weight is 550 g/mol. The smallest absolute Gasteiger partial charge is 0.238 e. The molecule has 1 saturated heterocycles. The molecule has 0 radical (unpaired) electrons. The van der Waals surface area contributed by atoms with Crippen LogP contribution in [0.25, 0.3) is 0 Å². The van der Waals surface area contributed by atoms with E-state index in [4.69, 9.17) is 16.7 Å². The number of primary sulfonamides is 1. The van der Waals surface area contributed by atoms with Gasteiger partial charge in [0.15, 0.2) is 5.96 Å². The number of sulfonamides is 1. The maximum absolute atomic E-state index is 11.5. The van der Waals surface area contributed by atoms with Crippen LogP contribution in [0.15, 0.2) is 58.4 Å². The molecule has 1 heterocycles. The lowest BCUT2D eigenvalue weighted by molar-refractivity contribution is 0.372. The highest BCUT2D eigenvalue weighted by atomic mass is 127. The Labute approximate surface area is 194 Å². The SMILES string of the molecule is CN=C(NCc1cccc(S(N)(=O)=O)c1)N1CCN(c2cccc(Cl)c2)CC1.I. The summed E-state index contributed by atoms with van der Waals surface area (Å²) in [5.41, 5.74) is 1.94. The number of hydrogen-bond acceptors (Lipinski definition) is 4. The number of piperazine rings is 1. The predicted octanol–water partition coefficient (Wildman–Crippen LogP) is 2.50. The van der Waals surface area contributed by atoms with E-state index in [1.165, 1.54) is 6.07 Å². The Hall–Kier alpha value is -1.56. The van der Waals surface area contributed by atoms with E-state index in [2.05, 4.69) is 26.2 Å². The minimum atomic E-state index is -3.71. The maximum Gasteiger partial charge on any atom is 0.238 e. The third-order valence-corrected chi connectivity index (χ3v) is 5.79. The third kappa shape index (κ3) is 6.46. The van der Waals surface area contributed by atoms with Crippen molar-refractivity contribution in [2.75, 3.05) is 38.1 Å². The number of nitrogens with two attached hydrogens (primary N) is 1. The zero-order chi connectivity index (χ0) is 20.1. The van der Waals surface area contributed by atoms with E-state index in [9.17, 15) is 8.42 Å². The molecule has 1 fully saturated rings. The van der Waals surface area contributed by atoms with E-state index in [0.29, 0.717) is 6.54 Å². The second-order valence-electron chi connectivity index (χ2n) is 6.55. The number of halogens is 2. The molecule has 0 unspecified atom stereocenters. The molecule has 0 spiro atoms. The zero-order valence-corrected chi connectivity index (χ0v) is 20.0. The van der Waals surface area contributed by atoms with Gasteiger partial charge in [-0.3, -0.25) is 4.99 Å². The molecule has 0 aliphatic carbocycles. The Kier molecular flexibility index (Phi) is 8.56. The van der Waals surface area contributed by atoms with Gasteiger partial charge in [0.05, 0.1) is 4.90 Å². The van der Waals surface area contributed by atoms with Crippen molar-refractivity contribution in [1.29, 1.82) is 0 Å². The van der Waals surface area contributed by atoms with Crippen LogP contribution in [0.2, 0.25) is 5.02 Å². The highest BCUT2D eigenvalue weighted by molar-refractivity contribution is 14.0. The normalized spacial score (nSPS) is 15.1. The van der Waals surface area contributed by atoms with Crippen molar-refractivity contribution in [2.24, 2.45) is 10.1 Å². The minimum Gasteiger partial charge on any atom is -0.368 e. The highest BCUT2D eigenvalue weighted by Gasteiger charge is 2.20. The molecule has 3 N–H and O–H groups in total. The van der Waals surface area contributed by atoms with E-state index >= 15 is 0 Å². The topological polar surface area (TPSA) is 91.0 Å². The van der Waals surface area contributed by atoms with Gasteiger partial charge in [0.25, 0.3) is 0 Å². The van der Waals surface area contributed by atoms with Gasteiger partial charge < -0.3 is 15.1 Å². The van der Waals surface area contributed by atoms with Crippen LogP contribution in [-0.4, -0.2) is 52.5 Å². The summed E-state index contributed by atoms with van der Waals surface area (Å²) in [5, 5.41) is 9.24. The van der Waals surface area contributed by atoms with Crippen molar-refractivity contribution >= 4 is 57.2 Å². The van der Waals surface area contributed by atoms with Crippen LogP contribution in [0.4, 0.5) is 5.69 Å². The fourth-order valence-electron chi connectivity index (χ4n) is 3.20. The van der Waals surface area contributed by atoms with Gasteiger partial charge in [-0.2, -0.15) is 0 Å². The van der Waals surface area contributed by atoms with Crippen LogP contribution in [0.1, 0.15) is 5.56 Å². The molecule has 1 aliphatic heterocycles. The first kappa shape index (κ1) is 23.7. The summed E-state index contributed by atoms with van der Waals surface area (Å²) in [6, 6.07) is 14.5.